The average Bonchev–Trinajstić information content (AvgIpc) is 3.08. The van der Waals surface area contributed by atoms with Crippen LogP contribution in [-0.4, -0.2) is 31.3 Å². The summed E-state index contributed by atoms with van der Waals surface area (Å²) in [6, 6.07) is 6.32. The Bertz CT molecular complexity index is 490. The van der Waals surface area contributed by atoms with Gasteiger partial charge in [0.1, 0.15) is 24.6 Å². The number of carbonyl (C=O) groups is 1. The van der Waals surface area contributed by atoms with E-state index in [-0.39, 0.29) is 47.6 Å². The molecule has 0 aliphatic heterocycles. The lowest BCUT2D eigenvalue weighted by Gasteiger charge is -2.01. The fourth-order valence-corrected chi connectivity index (χ4v) is 1.78. The highest BCUT2D eigenvalue weighted by Crippen LogP contribution is 2.48. The third kappa shape index (κ3) is 8.50. The molecule has 1 aliphatic carbocycles. The predicted molar refractivity (Wildman–Crippen MR) is 79.7 cm³/mol. The van der Waals surface area contributed by atoms with Gasteiger partial charge in [0.15, 0.2) is 0 Å². The van der Waals surface area contributed by atoms with E-state index in [0.29, 0.717) is 6.61 Å². The molecule has 1 aromatic carbocycles. The van der Waals surface area contributed by atoms with Gasteiger partial charge in [0.2, 0.25) is 0 Å². The Balaban J connectivity index is 0.000000583. The van der Waals surface area contributed by atoms with Crippen molar-refractivity contribution in [2.45, 2.75) is 19.3 Å². The minimum Gasteiger partial charge on any atom is -1.00 e. The number of ether oxygens (including phenoxy) is 1. The van der Waals surface area contributed by atoms with Gasteiger partial charge in [-0.2, -0.15) is 0 Å². The number of hydrogen-bond donors (Lipinski definition) is 0. The fourth-order valence-electron chi connectivity index (χ4n) is 1.78. The molecular weight excluding hydrogens is 406 g/mol. The Kier molecular flexibility index (Phi) is 8.61. The molecule has 120 valence electrons. The Labute approximate surface area is 144 Å². The van der Waals surface area contributed by atoms with Gasteiger partial charge in [-0.1, -0.05) is 12.1 Å². The quantitative estimate of drug-likeness (QED) is 0.383. The van der Waals surface area contributed by atoms with Crippen molar-refractivity contribution in [3.63, 3.8) is 0 Å². The summed E-state index contributed by atoms with van der Waals surface area (Å²) < 4.78 is 27.8. The minimum absolute atomic E-state index is 0. The lowest BCUT2D eigenvalue weighted by molar-refractivity contribution is -0.144. The molecule has 0 bridgehead atoms. The van der Waals surface area contributed by atoms with E-state index in [1.165, 1.54) is 12.1 Å². The van der Waals surface area contributed by atoms with Crippen LogP contribution in [0.3, 0.4) is 0 Å². The van der Waals surface area contributed by atoms with Crippen molar-refractivity contribution in [3.8, 4) is 0 Å². The van der Waals surface area contributed by atoms with Crippen LogP contribution in [0.4, 0.5) is 4.39 Å². The molecule has 0 spiro atoms. The summed E-state index contributed by atoms with van der Waals surface area (Å²) in [6.07, 6.45) is 5.97. The maximum Gasteiger partial charge on any atom is 0.309 e. The lowest BCUT2D eigenvalue weighted by Crippen LogP contribution is -3.00. The van der Waals surface area contributed by atoms with E-state index in [1.54, 1.807) is 37.8 Å². The number of rotatable bonds is 3. The summed E-state index contributed by atoms with van der Waals surface area (Å²) in [5.74, 6) is -0.168. The van der Waals surface area contributed by atoms with Crippen molar-refractivity contribution in [1.82, 2.24) is 0 Å². The predicted octanol–water partition coefficient (Wildman–Crippen LogP) is -0.128. The van der Waals surface area contributed by atoms with Crippen LogP contribution >= 0.6 is 0 Å². The molecule has 21 heavy (non-hydrogen) atoms. The Morgan fingerprint density at radius 3 is 2.19 bits per heavy atom. The summed E-state index contributed by atoms with van der Waals surface area (Å²) in [7, 11) is -1.42. The van der Waals surface area contributed by atoms with Crippen molar-refractivity contribution >= 4 is 15.9 Å². The zero-order valence-electron chi connectivity index (χ0n) is 12.8. The van der Waals surface area contributed by atoms with Crippen LogP contribution in [0.15, 0.2) is 24.3 Å². The zero-order valence-corrected chi connectivity index (χ0v) is 15.7. The summed E-state index contributed by atoms with van der Waals surface area (Å²) in [5, 5.41) is 0. The molecule has 2 rings (SSSR count). The van der Waals surface area contributed by atoms with E-state index < -0.39 is 9.93 Å². The highest BCUT2D eigenvalue weighted by atomic mass is 127. The molecule has 1 aliphatic rings. The molecule has 1 aromatic rings. The molecule has 3 nitrogen and oxygen atoms in total. The maximum atomic E-state index is 12.7. The first-order valence-electron chi connectivity index (χ1n) is 6.53. The van der Waals surface area contributed by atoms with Crippen LogP contribution in [0.25, 0.3) is 0 Å². The summed E-state index contributed by atoms with van der Waals surface area (Å²) >= 11 is 0. The number of benzene rings is 1. The van der Waals surface area contributed by atoms with Gasteiger partial charge in [0.05, 0.1) is 22.5 Å². The van der Waals surface area contributed by atoms with Crippen molar-refractivity contribution in [2.75, 3.05) is 25.4 Å². The molecule has 0 saturated heterocycles. The fraction of sp³-hybridized carbons (Fsp3) is 0.533. The molecule has 1 fully saturated rings. The summed E-state index contributed by atoms with van der Waals surface area (Å²) in [4.78, 5) is 11.4. The molecule has 0 unspecified atom stereocenters. The third-order valence-electron chi connectivity index (χ3n) is 2.68. The van der Waals surface area contributed by atoms with Crippen molar-refractivity contribution in [3.05, 3.63) is 35.6 Å². The smallest absolute Gasteiger partial charge is 0.309 e. The van der Waals surface area contributed by atoms with Crippen LogP contribution in [0.2, 0.25) is 0 Å². The van der Waals surface area contributed by atoms with Gasteiger partial charge >= 0.3 is 5.97 Å². The normalized spacial score (nSPS) is 19.7. The van der Waals surface area contributed by atoms with Gasteiger partial charge in [-0.3, -0.25) is 4.79 Å². The Morgan fingerprint density at radius 1 is 1.29 bits per heavy atom. The SMILES string of the molecule is CCOC(=O)[C@@H]1C[C@H]1c1ccc(F)cc1.C[S+](C)(C)=O.[I-]. The monoisotopic (exact) mass is 428 g/mol. The first-order chi connectivity index (χ1) is 9.22. The molecule has 6 heteroatoms. The van der Waals surface area contributed by atoms with E-state index >= 15 is 0 Å². The van der Waals surface area contributed by atoms with Crippen molar-refractivity contribution in [2.24, 2.45) is 5.92 Å². The van der Waals surface area contributed by atoms with Crippen molar-refractivity contribution < 1.29 is 42.1 Å². The highest BCUT2D eigenvalue weighted by Gasteiger charge is 2.44. The summed E-state index contributed by atoms with van der Waals surface area (Å²) in [6.45, 7) is 2.22. The Morgan fingerprint density at radius 2 is 1.76 bits per heavy atom. The number of carbonyl (C=O) groups excluding carboxylic acids is 1. The lowest BCUT2D eigenvalue weighted by atomic mass is 10.1. The molecule has 0 radical (unpaired) electrons. The second-order valence-corrected chi connectivity index (χ2v) is 8.93. The average molecular weight is 428 g/mol. The minimum atomic E-state index is -1.42. The van der Waals surface area contributed by atoms with Crippen LogP contribution in [0.5, 0.6) is 0 Å². The van der Waals surface area contributed by atoms with E-state index in [4.69, 9.17) is 4.74 Å². The largest absolute Gasteiger partial charge is 1.00 e. The first kappa shape index (κ1) is 20.5. The number of hydrogen-bond acceptors (Lipinski definition) is 3. The molecule has 2 atom stereocenters. The number of esters is 1. The van der Waals surface area contributed by atoms with Crippen LogP contribution in [0.1, 0.15) is 24.8 Å². The van der Waals surface area contributed by atoms with Crippen LogP contribution < -0.4 is 24.0 Å². The van der Waals surface area contributed by atoms with E-state index in [1.807, 2.05) is 0 Å². The molecule has 1 saturated carbocycles. The van der Waals surface area contributed by atoms with Crippen LogP contribution in [-0.2, 0) is 23.7 Å². The first-order valence-corrected chi connectivity index (χ1v) is 9.32. The molecule has 0 N–H and O–H groups in total. The molecule has 0 aromatic heterocycles. The van der Waals surface area contributed by atoms with E-state index in [2.05, 4.69) is 0 Å². The molecule has 0 amide bonds. The maximum absolute atomic E-state index is 12.7. The van der Waals surface area contributed by atoms with Gasteiger partial charge in [-0.05, 0) is 37.0 Å². The highest BCUT2D eigenvalue weighted by molar-refractivity contribution is 8.00. The summed E-state index contributed by atoms with van der Waals surface area (Å²) in [5.41, 5.74) is 1.02. The topological polar surface area (TPSA) is 43.4 Å². The van der Waals surface area contributed by atoms with Crippen LogP contribution in [0, 0.1) is 11.7 Å². The van der Waals surface area contributed by atoms with Gasteiger partial charge in [-0.25, -0.2) is 4.39 Å². The third-order valence-corrected chi connectivity index (χ3v) is 2.68. The second-order valence-electron chi connectivity index (χ2n) is 5.48. The molecule has 0 heterocycles. The van der Waals surface area contributed by atoms with Gasteiger partial charge in [-0.15, -0.1) is 4.21 Å². The van der Waals surface area contributed by atoms with E-state index in [0.717, 1.165) is 12.0 Å². The number of halogens is 2. The Hall–Kier alpha value is -0.500. The van der Waals surface area contributed by atoms with Gasteiger partial charge < -0.3 is 28.7 Å². The van der Waals surface area contributed by atoms with E-state index in [9.17, 15) is 13.4 Å². The molecular formula is C15H22FIO3S. The second kappa shape index (κ2) is 8.82. The van der Waals surface area contributed by atoms with Crippen molar-refractivity contribution in [1.29, 1.82) is 0 Å². The zero-order chi connectivity index (χ0) is 15.3. The van der Waals surface area contributed by atoms with Gasteiger partial charge in [0.25, 0.3) is 0 Å². The van der Waals surface area contributed by atoms with Gasteiger partial charge in [0, 0.05) is 0 Å². The standard InChI is InChI=1S/C12H13FO2.C3H9OS.HI/c1-2-15-12(14)11-7-10(11)8-3-5-9(13)6-4-8;1-5(2,3)4;/h3-6,10-11H,2,7H2,1H3;1-3H3;1H/q;+1;/p-1/t10-,11+;;/m0../s1.